The number of hydrogen-bond acceptors (Lipinski definition) is 6. The Labute approximate surface area is 122 Å². The average Bonchev–Trinajstić information content (AvgIpc) is 2.83. The first-order chi connectivity index (χ1) is 9.74. The highest BCUT2D eigenvalue weighted by atomic mass is 16.6. The molecule has 0 fully saturated rings. The number of rotatable bonds is 5. The number of amides is 1. The molecular weight excluding hydrogens is 276 g/mol. The first-order valence-corrected chi connectivity index (χ1v) is 6.51. The normalized spacial score (nSPS) is 14.1. The van der Waals surface area contributed by atoms with Gasteiger partial charge in [-0.15, -0.1) is 0 Å². The van der Waals surface area contributed by atoms with Gasteiger partial charge in [0.15, 0.2) is 0 Å². The highest BCUT2D eigenvalue weighted by Crippen LogP contribution is 2.20. The number of aliphatic hydroxyl groups is 2. The van der Waals surface area contributed by atoms with Gasteiger partial charge in [-0.25, -0.2) is 4.79 Å². The van der Waals surface area contributed by atoms with Crippen molar-refractivity contribution >= 4 is 6.09 Å². The number of ether oxygens (including phenoxy) is 1. The number of hydrogen-bond donors (Lipinski definition) is 4. The van der Waals surface area contributed by atoms with Gasteiger partial charge in [0.2, 0.25) is 0 Å². The van der Waals surface area contributed by atoms with Gasteiger partial charge in [-0.05, 0) is 27.2 Å². The number of aliphatic hydroxyl groups excluding tert-OH is 2. The monoisotopic (exact) mass is 296 g/mol. The predicted octanol–water partition coefficient (Wildman–Crippen LogP) is 0.590. The second-order valence-corrected chi connectivity index (χ2v) is 5.54. The molecule has 0 radical (unpaired) electrons. The Hall–Kier alpha value is -2.11. The van der Waals surface area contributed by atoms with Crippen molar-refractivity contribution in [1.29, 1.82) is 5.26 Å². The zero-order valence-corrected chi connectivity index (χ0v) is 12.3. The summed E-state index contributed by atoms with van der Waals surface area (Å²) >= 11 is 0. The Kier molecular flexibility index (Phi) is 5.69. The maximum atomic E-state index is 11.4. The molecule has 116 valence electrons. The third-order valence-corrected chi connectivity index (χ3v) is 2.57. The third kappa shape index (κ3) is 5.41. The van der Waals surface area contributed by atoms with E-state index < -0.39 is 23.9 Å². The topological polar surface area (TPSA) is 131 Å². The van der Waals surface area contributed by atoms with Crippen LogP contribution in [-0.2, 0) is 4.74 Å². The zero-order chi connectivity index (χ0) is 16.0. The molecule has 2 unspecified atom stereocenters. The lowest BCUT2D eigenvalue weighted by atomic mass is 10.0. The summed E-state index contributed by atoms with van der Waals surface area (Å²) in [5.41, 5.74) is -0.273. The van der Waals surface area contributed by atoms with E-state index in [0.29, 0.717) is 0 Å². The zero-order valence-electron chi connectivity index (χ0n) is 12.3. The van der Waals surface area contributed by atoms with Crippen molar-refractivity contribution in [3.05, 3.63) is 17.5 Å². The van der Waals surface area contributed by atoms with Crippen LogP contribution in [0.2, 0.25) is 0 Å². The van der Waals surface area contributed by atoms with Gasteiger partial charge in [0, 0.05) is 12.1 Å². The fourth-order valence-electron chi connectivity index (χ4n) is 1.61. The first-order valence-electron chi connectivity index (χ1n) is 6.51. The third-order valence-electron chi connectivity index (χ3n) is 2.57. The summed E-state index contributed by atoms with van der Waals surface area (Å²) in [7, 11) is 0. The lowest BCUT2D eigenvalue weighted by Gasteiger charge is -2.21. The van der Waals surface area contributed by atoms with Crippen LogP contribution in [0.15, 0.2) is 6.20 Å². The molecule has 8 nitrogen and oxygen atoms in total. The predicted molar refractivity (Wildman–Crippen MR) is 73.1 cm³/mol. The molecule has 0 spiro atoms. The van der Waals surface area contributed by atoms with E-state index in [-0.39, 0.29) is 24.2 Å². The van der Waals surface area contributed by atoms with E-state index in [1.807, 2.05) is 6.07 Å². The second-order valence-electron chi connectivity index (χ2n) is 5.54. The van der Waals surface area contributed by atoms with Gasteiger partial charge in [-0.3, -0.25) is 5.10 Å². The molecular formula is C13H20N4O4. The van der Waals surface area contributed by atoms with E-state index in [0.717, 1.165) is 0 Å². The van der Waals surface area contributed by atoms with Crippen molar-refractivity contribution in [3.8, 4) is 6.07 Å². The van der Waals surface area contributed by atoms with Crippen LogP contribution in [0, 0.1) is 11.3 Å². The Morgan fingerprint density at radius 2 is 2.24 bits per heavy atom. The van der Waals surface area contributed by atoms with E-state index in [1.165, 1.54) is 6.20 Å². The summed E-state index contributed by atoms with van der Waals surface area (Å²) in [6, 6.07) is 1.83. The Morgan fingerprint density at radius 1 is 1.57 bits per heavy atom. The van der Waals surface area contributed by atoms with Crippen molar-refractivity contribution in [2.24, 2.45) is 0 Å². The Balaban J connectivity index is 2.42. The molecule has 1 rings (SSSR count). The minimum absolute atomic E-state index is 0.0988. The number of nitrogens with one attached hydrogen (secondary N) is 2. The summed E-state index contributed by atoms with van der Waals surface area (Å²) in [6.45, 7) is 5.36. The summed E-state index contributed by atoms with van der Waals surface area (Å²) in [4.78, 5) is 11.4. The Bertz CT molecular complexity index is 515. The summed E-state index contributed by atoms with van der Waals surface area (Å²) in [5, 5.41) is 37.1. The van der Waals surface area contributed by atoms with Crippen LogP contribution in [-0.4, -0.2) is 44.8 Å². The van der Waals surface area contributed by atoms with Crippen molar-refractivity contribution in [2.75, 3.05) is 6.54 Å². The van der Waals surface area contributed by atoms with E-state index >= 15 is 0 Å². The summed E-state index contributed by atoms with van der Waals surface area (Å²) < 4.78 is 5.04. The van der Waals surface area contributed by atoms with Gasteiger partial charge in [0.1, 0.15) is 23.5 Å². The standard InChI is InChI=1S/C13H20N4O4/c1-13(2,3)21-12(20)15-5-4-10(18)11(19)8-7-16-17-9(8)6-14/h7,10-11,18-19H,4-5H2,1-3H3,(H,15,20)(H,16,17). The number of aromatic nitrogens is 2. The molecule has 1 amide bonds. The molecule has 8 heteroatoms. The quantitative estimate of drug-likeness (QED) is 0.629. The van der Waals surface area contributed by atoms with E-state index in [1.54, 1.807) is 20.8 Å². The highest BCUT2D eigenvalue weighted by molar-refractivity contribution is 5.67. The van der Waals surface area contributed by atoms with Crippen molar-refractivity contribution < 1.29 is 19.7 Å². The maximum absolute atomic E-state index is 11.4. The van der Waals surface area contributed by atoms with Crippen LogP contribution in [0.4, 0.5) is 4.79 Å². The van der Waals surface area contributed by atoms with Crippen LogP contribution in [0.1, 0.15) is 44.6 Å². The van der Waals surface area contributed by atoms with E-state index in [2.05, 4.69) is 15.5 Å². The molecule has 0 bridgehead atoms. The number of aromatic amines is 1. The number of nitriles is 1. The molecule has 0 saturated heterocycles. The fourth-order valence-corrected chi connectivity index (χ4v) is 1.61. The number of H-pyrrole nitrogens is 1. The van der Waals surface area contributed by atoms with Gasteiger partial charge >= 0.3 is 6.09 Å². The van der Waals surface area contributed by atoms with Crippen LogP contribution in [0.3, 0.4) is 0 Å². The molecule has 0 aromatic carbocycles. The SMILES string of the molecule is CC(C)(C)OC(=O)NCCC(O)C(O)c1cn[nH]c1C#N. The molecule has 21 heavy (non-hydrogen) atoms. The van der Waals surface area contributed by atoms with Crippen LogP contribution >= 0.6 is 0 Å². The minimum Gasteiger partial charge on any atom is -0.444 e. The number of nitrogens with zero attached hydrogens (tertiary/aromatic N) is 2. The van der Waals surface area contributed by atoms with E-state index in [4.69, 9.17) is 10.00 Å². The average molecular weight is 296 g/mol. The molecule has 1 aromatic heterocycles. The van der Waals surface area contributed by atoms with Gasteiger partial charge in [-0.2, -0.15) is 10.4 Å². The number of carbonyl (C=O) groups excluding carboxylic acids is 1. The van der Waals surface area contributed by atoms with Crippen molar-refractivity contribution in [3.63, 3.8) is 0 Å². The maximum Gasteiger partial charge on any atom is 0.407 e. The molecule has 1 aromatic rings. The lowest BCUT2D eigenvalue weighted by Crippen LogP contribution is -2.34. The number of alkyl carbamates (subject to hydrolysis) is 1. The van der Waals surface area contributed by atoms with Gasteiger partial charge in [0.05, 0.1) is 12.3 Å². The Morgan fingerprint density at radius 3 is 2.81 bits per heavy atom. The summed E-state index contributed by atoms with van der Waals surface area (Å²) in [5.74, 6) is 0. The van der Waals surface area contributed by atoms with Crippen LogP contribution in [0.25, 0.3) is 0 Å². The largest absolute Gasteiger partial charge is 0.444 e. The van der Waals surface area contributed by atoms with Crippen LogP contribution in [0.5, 0.6) is 0 Å². The second kappa shape index (κ2) is 7.06. The number of carbonyl (C=O) groups is 1. The minimum atomic E-state index is -1.25. The van der Waals surface area contributed by atoms with Gasteiger partial charge in [0.25, 0.3) is 0 Å². The molecule has 0 aliphatic heterocycles. The fraction of sp³-hybridized carbons (Fsp3) is 0.615. The molecule has 1 heterocycles. The molecule has 4 N–H and O–H groups in total. The van der Waals surface area contributed by atoms with Gasteiger partial charge in [-0.1, -0.05) is 0 Å². The highest BCUT2D eigenvalue weighted by Gasteiger charge is 2.23. The van der Waals surface area contributed by atoms with Crippen molar-refractivity contribution in [2.45, 2.75) is 45.0 Å². The van der Waals surface area contributed by atoms with E-state index in [9.17, 15) is 15.0 Å². The van der Waals surface area contributed by atoms with Crippen molar-refractivity contribution in [1.82, 2.24) is 15.5 Å². The van der Waals surface area contributed by atoms with Gasteiger partial charge < -0.3 is 20.3 Å². The molecule has 0 saturated carbocycles. The summed E-state index contributed by atoms with van der Waals surface area (Å²) in [6.07, 6.45) is -1.59. The lowest BCUT2D eigenvalue weighted by molar-refractivity contribution is 0.0122. The molecule has 2 atom stereocenters. The first kappa shape index (κ1) is 16.9. The molecule has 0 aliphatic carbocycles. The van der Waals surface area contributed by atoms with Crippen LogP contribution < -0.4 is 5.32 Å². The smallest absolute Gasteiger partial charge is 0.407 e. The molecule has 0 aliphatic rings.